The number of carbonyl (C=O) groups is 6. The Kier molecular flexibility index (Phi) is 15.2. The highest BCUT2D eigenvalue weighted by Crippen LogP contribution is 2.35. The number of rotatable bonds is 14. The fourth-order valence-electron chi connectivity index (χ4n) is 5.71. The molecule has 0 unspecified atom stereocenters. The van der Waals surface area contributed by atoms with Gasteiger partial charge in [0.15, 0.2) is 43.1 Å². The molecule has 2 saturated heterocycles. The first-order valence-electron chi connectivity index (χ1n) is 16.6. The third-order valence-electron chi connectivity index (χ3n) is 7.85. The SMILES string of the molecule is CC(=O)OC[C@H]1O[C@@H](O[C@H]2[C@@H](OC(=O)c3ccccc3)[C@H](OC(=O)c3ccccc3)[C@@H](OCCS)O[C@H]2C)[C@H](OC(C)=O)[C@@H](OC(C)=O)[C@H]1OC(C)=O. The molecule has 0 bridgehead atoms. The Balaban J connectivity index is 1.80. The normalized spacial score (nSPS) is 28.1. The van der Waals surface area contributed by atoms with E-state index in [0.717, 1.165) is 27.7 Å². The lowest BCUT2D eigenvalue weighted by molar-refractivity contribution is -0.355. The smallest absolute Gasteiger partial charge is 0.338 e. The van der Waals surface area contributed by atoms with Gasteiger partial charge in [0, 0.05) is 33.4 Å². The van der Waals surface area contributed by atoms with Gasteiger partial charge in [0.25, 0.3) is 0 Å². The monoisotopic (exact) mass is 762 g/mol. The fraction of sp³-hybridized carbons (Fsp3) is 0.500. The maximum Gasteiger partial charge on any atom is 0.338 e. The zero-order valence-corrected chi connectivity index (χ0v) is 30.5. The van der Waals surface area contributed by atoms with E-state index in [1.165, 1.54) is 24.3 Å². The number of esters is 6. The van der Waals surface area contributed by atoms with Gasteiger partial charge >= 0.3 is 35.8 Å². The number of hydrogen-bond donors (Lipinski definition) is 1. The molecule has 53 heavy (non-hydrogen) atoms. The molecule has 2 aromatic rings. The van der Waals surface area contributed by atoms with Crippen LogP contribution < -0.4 is 0 Å². The lowest BCUT2D eigenvalue weighted by atomic mass is 9.96. The topological polar surface area (TPSA) is 195 Å². The maximum absolute atomic E-state index is 13.6. The summed E-state index contributed by atoms with van der Waals surface area (Å²) >= 11 is 4.21. The molecule has 4 rings (SSSR count). The zero-order valence-electron chi connectivity index (χ0n) is 29.6. The Bertz CT molecular complexity index is 1570. The van der Waals surface area contributed by atoms with Crippen molar-refractivity contribution in [3.8, 4) is 0 Å². The Labute approximate surface area is 310 Å². The molecule has 0 spiro atoms. The van der Waals surface area contributed by atoms with Crippen LogP contribution in [-0.2, 0) is 66.5 Å². The molecule has 10 atom stereocenters. The molecular weight excluding hydrogens is 720 g/mol. The highest BCUT2D eigenvalue weighted by Gasteiger charge is 2.57. The molecule has 0 aliphatic carbocycles. The largest absolute Gasteiger partial charge is 0.463 e. The van der Waals surface area contributed by atoms with Gasteiger partial charge in [-0.3, -0.25) is 19.2 Å². The van der Waals surface area contributed by atoms with Crippen LogP contribution in [0.1, 0.15) is 55.3 Å². The van der Waals surface area contributed by atoms with Crippen molar-refractivity contribution >= 4 is 48.4 Å². The summed E-state index contributed by atoms with van der Waals surface area (Å²) in [5.41, 5.74) is 0.322. The van der Waals surface area contributed by atoms with E-state index in [1.807, 2.05) is 0 Å². The van der Waals surface area contributed by atoms with Crippen LogP contribution in [0.5, 0.6) is 0 Å². The van der Waals surface area contributed by atoms with Crippen molar-refractivity contribution in [1.82, 2.24) is 0 Å². The second kappa shape index (κ2) is 19.5. The van der Waals surface area contributed by atoms with Crippen LogP contribution in [0.3, 0.4) is 0 Å². The van der Waals surface area contributed by atoms with E-state index >= 15 is 0 Å². The van der Waals surface area contributed by atoms with Crippen molar-refractivity contribution in [2.45, 2.75) is 96.0 Å². The molecule has 288 valence electrons. The Morgan fingerprint density at radius 2 is 1.06 bits per heavy atom. The van der Waals surface area contributed by atoms with E-state index in [-0.39, 0.29) is 23.5 Å². The first-order valence-corrected chi connectivity index (χ1v) is 17.3. The predicted molar refractivity (Wildman–Crippen MR) is 182 cm³/mol. The van der Waals surface area contributed by atoms with Crippen molar-refractivity contribution in [2.75, 3.05) is 19.0 Å². The van der Waals surface area contributed by atoms with Gasteiger partial charge < -0.3 is 47.4 Å². The van der Waals surface area contributed by atoms with Crippen molar-refractivity contribution in [3.63, 3.8) is 0 Å². The highest BCUT2D eigenvalue weighted by molar-refractivity contribution is 7.80. The standard InChI is InChI=1S/C36H42O16S/c1-19-27(52-36-32(48-23(5)40)30(47-22(4)39)28(46-21(3)38)26(49-36)18-44-20(2)37)29(50-33(41)24-12-8-6-9-13-24)31(35(45-19)43-16-17-53)51-34(42)25-14-10-7-11-15-25/h6-15,19,26-32,35-36,53H,16-18H2,1-5H3/t19-,26+,27+,28-,29+,30-,31-,32+,35-,36-/m0/s1. The quantitative estimate of drug-likeness (QED) is 0.167. The van der Waals surface area contributed by atoms with Crippen molar-refractivity contribution < 1.29 is 76.1 Å². The summed E-state index contributed by atoms with van der Waals surface area (Å²) < 4.78 is 58.3. The van der Waals surface area contributed by atoms with Gasteiger partial charge in [-0.05, 0) is 31.2 Å². The number of carbonyl (C=O) groups excluding carboxylic acids is 6. The van der Waals surface area contributed by atoms with Crippen molar-refractivity contribution in [2.24, 2.45) is 0 Å². The molecule has 0 radical (unpaired) electrons. The van der Waals surface area contributed by atoms with E-state index in [1.54, 1.807) is 43.3 Å². The number of benzene rings is 2. The summed E-state index contributed by atoms with van der Waals surface area (Å²) in [7, 11) is 0. The molecule has 0 amide bonds. The maximum atomic E-state index is 13.6. The summed E-state index contributed by atoms with van der Waals surface area (Å²) in [4.78, 5) is 76.0. The number of ether oxygens (including phenoxy) is 10. The Hall–Kier alpha value is -4.55. The minimum Gasteiger partial charge on any atom is -0.463 e. The average Bonchev–Trinajstić information content (AvgIpc) is 3.11. The molecule has 0 aromatic heterocycles. The Morgan fingerprint density at radius 3 is 1.57 bits per heavy atom. The second-order valence-corrected chi connectivity index (χ2v) is 12.4. The van der Waals surface area contributed by atoms with Gasteiger partial charge in [0.05, 0.1) is 23.8 Å². The number of thiol groups is 1. The molecule has 2 heterocycles. The van der Waals surface area contributed by atoms with Gasteiger partial charge in [-0.25, -0.2) is 9.59 Å². The van der Waals surface area contributed by atoms with Crippen LogP contribution in [0.4, 0.5) is 0 Å². The van der Waals surface area contributed by atoms with Gasteiger partial charge in [-0.1, -0.05) is 36.4 Å². The summed E-state index contributed by atoms with van der Waals surface area (Å²) in [6.07, 6.45) is -14.3. The zero-order chi connectivity index (χ0) is 38.7. The summed E-state index contributed by atoms with van der Waals surface area (Å²) in [6, 6.07) is 16.0. The summed E-state index contributed by atoms with van der Waals surface area (Å²) in [6.45, 7) is 5.47. The Morgan fingerprint density at radius 1 is 0.585 bits per heavy atom. The summed E-state index contributed by atoms with van der Waals surface area (Å²) in [5, 5.41) is 0. The first-order chi connectivity index (χ1) is 25.3. The molecule has 2 fully saturated rings. The van der Waals surface area contributed by atoms with Crippen molar-refractivity contribution in [1.29, 1.82) is 0 Å². The molecule has 2 aromatic carbocycles. The van der Waals surface area contributed by atoms with E-state index < -0.39 is 104 Å². The van der Waals surface area contributed by atoms with E-state index in [4.69, 9.17) is 47.4 Å². The van der Waals surface area contributed by atoms with Crippen molar-refractivity contribution in [3.05, 3.63) is 71.8 Å². The van der Waals surface area contributed by atoms with Gasteiger partial charge in [-0.2, -0.15) is 12.6 Å². The lowest BCUT2D eigenvalue weighted by Gasteiger charge is -2.48. The minimum atomic E-state index is -1.69. The third-order valence-corrected chi connectivity index (χ3v) is 8.03. The molecule has 16 nitrogen and oxygen atoms in total. The van der Waals surface area contributed by atoms with Gasteiger partial charge in [0.2, 0.25) is 0 Å². The van der Waals surface area contributed by atoms with Crippen LogP contribution >= 0.6 is 12.6 Å². The van der Waals surface area contributed by atoms with Crippen LogP contribution in [0.2, 0.25) is 0 Å². The molecule has 2 aliphatic rings. The van der Waals surface area contributed by atoms with Crippen LogP contribution in [-0.4, -0.2) is 116 Å². The van der Waals surface area contributed by atoms with Crippen LogP contribution in [0.25, 0.3) is 0 Å². The van der Waals surface area contributed by atoms with Gasteiger partial charge in [-0.15, -0.1) is 0 Å². The highest BCUT2D eigenvalue weighted by atomic mass is 32.1. The summed E-state index contributed by atoms with van der Waals surface area (Å²) in [5.74, 6) is -4.62. The van der Waals surface area contributed by atoms with Crippen LogP contribution in [0, 0.1) is 0 Å². The fourth-order valence-corrected chi connectivity index (χ4v) is 5.81. The molecule has 0 saturated carbocycles. The average molecular weight is 763 g/mol. The van der Waals surface area contributed by atoms with Gasteiger partial charge in [0.1, 0.15) is 18.8 Å². The predicted octanol–water partition coefficient (Wildman–Crippen LogP) is 2.60. The molecule has 0 N–H and O–H groups in total. The van der Waals surface area contributed by atoms with E-state index in [2.05, 4.69) is 12.6 Å². The lowest BCUT2D eigenvalue weighted by Crippen LogP contribution is -2.66. The first kappa shape index (κ1) is 41.2. The molecule has 17 heteroatoms. The van der Waals surface area contributed by atoms with Crippen LogP contribution in [0.15, 0.2) is 60.7 Å². The van der Waals surface area contributed by atoms with E-state index in [9.17, 15) is 28.8 Å². The second-order valence-electron chi connectivity index (χ2n) is 11.9. The third kappa shape index (κ3) is 11.5. The number of hydrogen-bond acceptors (Lipinski definition) is 17. The minimum absolute atomic E-state index is 0.0461. The molecule has 2 aliphatic heterocycles. The van der Waals surface area contributed by atoms with E-state index in [0.29, 0.717) is 0 Å². The molecular formula is C36H42O16S.